The van der Waals surface area contributed by atoms with Gasteiger partial charge in [0.15, 0.2) is 0 Å². The van der Waals surface area contributed by atoms with Crippen LogP contribution in [0.5, 0.6) is 5.75 Å². The van der Waals surface area contributed by atoms with Crippen LogP contribution < -0.4 is 10.3 Å². The van der Waals surface area contributed by atoms with Gasteiger partial charge in [-0.1, -0.05) is 54.1 Å². The summed E-state index contributed by atoms with van der Waals surface area (Å²) >= 11 is 6.38. The summed E-state index contributed by atoms with van der Waals surface area (Å²) in [4.78, 5) is 17.9. The Labute approximate surface area is 167 Å². The normalized spacial score (nSPS) is 11.2. The van der Waals surface area contributed by atoms with Crippen molar-refractivity contribution >= 4 is 34.7 Å². The van der Waals surface area contributed by atoms with Gasteiger partial charge in [-0.25, -0.2) is 4.98 Å². The zero-order valence-corrected chi connectivity index (χ0v) is 15.9. The molecule has 4 aromatic rings. The lowest BCUT2D eigenvalue weighted by Gasteiger charge is -2.12. The van der Waals surface area contributed by atoms with Crippen LogP contribution in [-0.2, 0) is 0 Å². The summed E-state index contributed by atoms with van der Waals surface area (Å²) in [5, 5.41) is 1.03. The molecule has 0 fully saturated rings. The number of fused-ring (bicyclic) bond motifs is 1. The van der Waals surface area contributed by atoms with E-state index in [1.54, 1.807) is 23.8 Å². The standard InChI is InChI=1S/C23H17ClN2O2/c1-28-17-13-10-16(11-14-17)12-15-22-25-20-8-4-2-6-18(20)23(27)26(22)21-9-5-3-7-19(21)24/h2-15H,1H3/b15-12+. The Morgan fingerprint density at radius 2 is 1.64 bits per heavy atom. The van der Waals surface area contributed by atoms with Crippen molar-refractivity contribution in [2.75, 3.05) is 7.11 Å². The number of hydrogen-bond acceptors (Lipinski definition) is 3. The molecular formula is C23H17ClN2O2. The van der Waals surface area contributed by atoms with Crippen LogP contribution in [0.25, 0.3) is 28.7 Å². The highest BCUT2D eigenvalue weighted by atomic mass is 35.5. The average Bonchev–Trinajstić information content (AvgIpc) is 2.73. The van der Waals surface area contributed by atoms with Gasteiger partial charge in [0.1, 0.15) is 11.6 Å². The molecule has 0 amide bonds. The van der Waals surface area contributed by atoms with Crippen LogP contribution in [-0.4, -0.2) is 16.7 Å². The fourth-order valence-corrected chi connectivity index (χ4v) is 3.23. The van der Waals surface area contributed by atoms with Crippen molar-refractivity contribution in [2.24, 2.45) is 0 Å². The summed E-state index contributed by atoms with van der Waals surface area (Å²) in [6, 6.07) is 22.2. The summed E-state index contributed by atoms with van der Waals surface area (Å²) in [6.45, 7) is 0. The van der Waals surface area contributed by atoms with Crippen LogP contribution in [0, 0.1) is 0 Å². The van der Waals surface area contributed by atoms with Gasteiger partial charge >= 0.3 is 0 Å². The number of para-hydroxylation sites is 2. The minimum absolute atomic E-state index is 0.159. The number of rotatable bonds is 4. The topological polar surface area (TPSA) is 44.1 Å². The van der Waals surface area contributed by atoms with Gasteiger partial charge in [-0.3, -0.25) is 9.36 Å². The van der Waals surface area contributed by atoms with Crippen molar-refractivity contribution in [3.63, 3.8) is 0 Å². The first-order valence-corrected chi connectivity index (χ1v) is 9.14. The third kappa shape index (κ3) is 3.42. The lowest BCUT2D eigenvalue weighted by atomic mass is 10.2. The van der Waals surface area contributed by atoms with Crippen LogP contribution in [0.15, 0.2) is 77.6 Å². The fourth-order valence-electron chi connectivity index (χ4n) is 3.01. The van der Waals surface area contributed by atoms with Gasteiger partial charge in [0, 0.05) is 0 Å². The number of aromatic nitrogens is 2. The van der Waals surface area contributed by atoms with E-state index >= 15 is 0 Å². The van der Waals surface area contributed by atoms with Gasteiger partial charge in [-0.2, -0.15) is 0 Å². The minimum Gasteiger partial charge on any atom is -0.497 e. The minimum atomic E-state index is -0.159. The first-order valence-electron chi connectivity index (χ1n) is 8.76. The second-order valence-electron chi connectivity index (χ2n) is 6.19. The number of benzene rings is 3. The van der Waals surface area contributed by atoms with Gasteiger partial charge < -0.3 is 4.74 Å². The first-order chi connectivity index (χ1) is 13.7. The van der Waals surface area contributed by atoms with E-state index in [0.29, 0.717) is 27.4 Å². The maximum absolute atomic E-state index is 13.2. The van der Waals surface area contributed by atoms with E-state index in [4.69, 9.17) is 21.3 Å². The van der Waals surface area contributed by atoms with Crippen molar-refractivity contribution in [3.8, 4) is 11.4 Å². The molecule has 0 spiro atoms. The number of methoxy groups -OCH3 is 1. The van der Waals surface area contributed by atoms with Crippen LogP contribution in [0.2, 0.25) is 5.02 Å². The van der Waals surface area contributed by atoms with Crippen LogP contribution in [0.1, 0.15) is 11.4 Å². The maximum atomic E-state index is 13.2. The molecule has 28 heavy (non-hydrogen) atoms. The highest BCUT2D eigenvalue weighted by Gasteiger charge is 2.13. The lowest BCUT2D eigenvalue weighted by Crippen LogP contribution is -2.22. The van der Waals surface area contributed by atoms with E-state index in [-0.39, 0.29) is 5.56 Å². The van der Waals surface area contributed by atoms with E-state index in [2.05, 4.69) is 0 Å². The predicted octanol–water partition coefficient (Wildman–Crippen LogP) is 5.22. The zero-order valence-electron chi connectivity index (χ0n) is 15.2. The third-order valence-electron chi connectivity index (χ3n) is 4.44. The van der Waals surface area contributed by atoms with Gasteiger partial charge in [0.25, 0.3) is 5.56 Å². The quantitative estimate of drug-likeness (QED) is 0.481. The number of halogens is 1. The predicted molar refractivity (Wildman–Crippen MR) is 114 cm³/mol. The molecule has 0 saturated heterocycles. The molecule has 0 unspecified atom stereocenters. The highest BCUT2D eigenvalue weighted by Crippen LogP contribution is 2.22. The van der Waals surface area contributed by atoms with E-state index in [0.717, 1.165) is 11.3 Å². The van der Waals surface area contributed by atoms with Crippen LogP contribution in [0.3, 0.4) is 0 Å². The molecule has 0 aliphatic rings. The lowest BCUT2D eigenvalue weighted by molar-refractivity contribution is 0.415. The SMILES string of the molecule is COc1ccc(/C=C/c2nc3ccccc3c(=O)n2-c2ccccc2Cl)cc1. The second kappa shape index (κ2) is 7.71. The molecule has 0 saturated carbocycles. The zero-order chi connectivity index (χ0) is 19.5. The molecule has 1 heterocycles. The first kappa shape index (κ1) is 18.0. The van der Waals surface area contributed by atoms with Crippen molar-refractivity contribution in [3.05, 3.63) is 99.6 Å². The molecule has 138 valence electrons. The molecule has 0 bridgehead atoms. The van der Waals surface area contributed by atoms with Crippen molar-refractivity contribution in [2.45, 2.75) is 0 Å². The third-order valence-corrected chi connectivity index (χ3v) is 4.76. The maximum Gasteiger partial charge on any atom is 0.266 e. The Hall–Kier alpha value is -3.37. The Bertz CT molecular complexity index is 1230. The monoisotopic (exact) mass is 388 g/mol. The Morgan fingerprint density at radius 1 is 0.929 bits per heavy atom. The number of nitrogens with zero attached hydrogens (tertiary/aromatic N) is 2. The molecule has 4 nitrogen and oxygen atoms in total. The van der Waals surface area contributed by atoms with E-state index in [1.165, 1.54) is 0 Å². The van der Waals surface area contributed by atoms with Gasteiger partial charge in [0.05, 0.1) is 28.7 Å². The Morgan fingerprint density at radius 3 is 2.39 bits per heavy atom. The van der Waals surface area contributed by atoms with Gasteiger partial charge in [0.2, 0.25) is 0 Å². The Kier molecular flexibility index (Phi) is 4.96. The van der Waals surface area contributed by atoms with Crippen LogP contribution >= 0.6 is 11.6 Å². The van der Waals surface area contributed by atoms with Crippen LogP contribution in [0.4, 0.5) is 0 Å². The Balaban J connectivity index is 1.91. The summed E-state index contributed by atoms with van der Waals surface area (Å²) < 4.78 is 6.74. The summed E-state index contributed by atoms with van der Waals surface area (Å²) in [6.07, 6.45) is 3.72. The number of hydrogen-bond donors (Lipinski definition) is 0. The molecule has 0 aliphatic heterocycles. The molecule has 0 atom stereocenters. The van der Waals surface area contributed by atoms with Crippen molar-refractivity contribution in [1.29, 1.82) is 0 Å². The van der Waals surface area contributed by atoms with Gasteiger partial charge in [-0.05, 0) is 48.0 Å². The molecule has 0 N–H and O–H groups in total. The van der Waals surface area contributed by atoms with Crippen molar-refractivity contribution in [1.82, 2.24) is 9.55 Å². The average molecular weight is 389 g/mol. The summed E-state index contributed by atoms with van der Waals surface area (Å²) in [5.74, 6) is 1.29. The fraction of sp³-hybridized carbons (Fsp3) is 0.0435. The van der Waals surface area contributed by atoms with Crippen molar-refractivity contribution < 1.29 is 4.74 Å². The highest BCUT2D eigenvalue weighted by molar-refractivity contribution is 6.32. The summed E-state index contributed by atoms with van der Waals surface area (Å²) in [5.41, 5.74) is 2.05. The van der Waals surface area contributed by atoms with E-state index in [9.17, 15) is 4.79 Å². The van der Waals surface area contributed by atoms with E-state index < -0.39 is 0 Å². The number of ether oxygens (including phenoxy) is 1. The smallest absolute Gasteiger partial charge is 0.266 e. The molecular weight excluding hydrogens is 372 g/mol. The molecule has 4 rings (SSSR count). The molecule has 0 aliphatic carbocycles. The molecule has 5 heteroatoms. The molecule has 0 radical (unpaired) electrons. The van der Waals surface area contributed by atoms with E-state index in [1.807, 2.05) is 72.8 Å². The largest absolute Gasteiger partial charge is 0.497 e. The molecule has 3 aromatic carbocycles. The molecule has 1 aromatic heterocycles. The second-order valence-corrected chi connectivity index (χ2v) is 6.59. The van der Waals surface area contributed by atoms with Gasteiger partial charge in [-0.15, -0.1) is 0 Å². The summed E-state index contributed by atoms with van der Waals surface area (Å²) in [7, 11) is 1.63.